The monoisotopic (exact) mass is 276 g/mol. The average molecular weight is 276 g/mol. The highest BCUT2D eigenvalue weighted by Crippen LogP contribution is 2.22. The van der Waals surface area contributed by atoms with Gasteiger partial charge in [0, 0.05) is 25.7 Å². The number of ether oxygens (including phenoxy) is 1. The van der Waals surface area contributed by atoms with Crippen LogP contribution in [0.5, 0.6) is 0 Å². The second kappa shape index (κ2) is 6.27. The maximum Gasteiger partial charge on any atom is 0.410 e. The highest BCUT2D eigenvalue weighted by Gasteiger charge is 2.31. The summed E-state index contributed by atoms with van der Waals surface area (Å²) in [6.07, 6.45) is -0.218. The Morgan fingerprint density at radius 1 is 1.35 bits per heavy atom. The summed E-state index contributed by atoms with van der Waals surface area (Å²) in [7, 11) is 0. The van der Waals surface area contributed by atoms with Crippen LogP contribution in [0.15, 0.2) is 30.3 Å². The van der Waals surface area contributed by atoms with Gasteiger partial charge in [-0.1, -0.05) is 51.1 Å². The molecule has 0 aliphatic carbocycles. The molecule has 4 nitrogen and oxygen atoms in total. The Kier molecular flexibility index (Phi) is 4.65. The topological polar surface area (TPSA) is 41.6 Å². The summed E-state index contributed by atoms with van der Waals surface area (Å²) in [6.45, 7) is 9.12. The Bertz CT molecular complexity index is 440. The number of benzene rings is 1. The van der Waals surface area contributed by atoms with Crippen molar-refractivity contribution in [3.63, 3.8) is 0 Å². The van der Waals surface area contributed by atoms with Crippen LogP contribution in [0.2, 0.25) is 0 Å². The number of carbonyl (C=O) groups is 1. The standard InChI is InChI=1S/C16H24N2O2/c1-16(2,3)14-11-18(10-9-17-14)15(19)20-12-13-7-5-4-6-8-13/h4-8,14,17H,9-12H2,1-3H3/t14-/m0/s1. The Hall–Kier alpha value is -1.55. The Balaban J connectivity index is 1.86. The maximum atomic E-state index is 12.1. The molecule has 1 aromatic carbocycles. The molecule has 0 radical (unpaired) electrons. The van der Waals surface area contributed by atoms with E-state index in [-0.39, 0.29) is 11.5 Å². The molecule has 0 unspecified atom stereocenters. The molecule has 1 aromatic rings. The normalized spacial score (nSPS) is 19.8. The fraction of sp³-hybridized carbons (Fsp3) is 0.562. The summed E-state index contributed by atoms with van der Waals surface area (Å²) in [4.78, 5) is 13.9. The summed E-state index contributed by atoms with van der Waals surface area (Å²) in [6, 6.07) is 10.1. The predicted octanol–water partition coefficient (Wildman–Crippen LogP) is 2.64. The van der Waals surface area contributed by atoms with Crippen molar-refractivity contribution in [2.75, 3.05) is 19.6 Å². The minimum atomic E-state index is -0.218. The highest BCUT2D eigenvalue weighted by molar-refractivity contribution is 5.67. The number of nitrogens with zero attached hydrogens (tertiary/aromatic N) is 1. The van der Waals surface area contributed by atoms with Gasteiger partial charge in [-0.2, -0.15) is 0 Å². The largest absolute Gasteiger partial charge is 0.445 e. The van der Waals surface area contributed by atoms with Crippen LogP contribution >= 0.6 is 0 Å². The minimum Gasteiger partial charge on any atom is -0.445 e. The molecule has 1 aliphatic heterocycles. The Labute approximate surface area is 121 Å². The zero-order valence-corrected chi connectivity index (χ0v) is 12.6. The number of nitrogens with one attached hydrogen (secondary N) is 1. The highest BCUT2D eigenvalue weighted by atomic mass is 16.6. The lowest BCUT2D eigenvalue weighted by atomic mass is 9.85. The van der Waals surface area contributed by atoms with Gasteiger partial charge < -0.3 is 15.0 Å². The molecule has 1 heterocycles. The van der Waals surface area contributed by atoms with E-state index in [0.717, 1.165) is 12.1 Å². The van der Waals surface area contributed by atoms with Gasteiger partial charge in [0.1, 0.15) is 6.61 Å². The van der Waals surface area contributed by atoms with Gasteiger partial charge >= 0.3 is 6.09 Å². The van der Waals surface area contributed by atoms with Gasteiger partial charge in [-0.15, -0.1) is 0 Å². The first-order chi connectivity index (χ1) is 9.47. The third kappa shape index (κ3) is 3.97. The van der Waals surface area contributed by atoms with Gasteiger partial charge in [0.25, 0.3) is 0 Å². The van der Waals surface area contributed by atoms with Gasteiger partial charge in [0.05, 0.1) is 0 Å². The Morgan fingerprint density at radius 2 is 2.05 bits per heavy atom. The fourth-order valence-electron chi connectivity index (χ4n) is 2.31. The summed E-state index contributed by atoms with van der Waals surface area (Å²) in [5.41, 5.74) is 1.15. The SMILES string of the molecule is CC(C)(C)[C@@H]1CN(C(=O)OCc2ccccc2)CCN1. The molecule has 4 heteroatoms. The van der Waals surface area contributed by atoms with Crippen LogP contribution in [0.3, 0.4) is 0 Å². The number of hydrogen-bond donors (Lipinski definition) is 1. The van der Waals surface area contributed by atoms with Gasteiger partial charge in [-0.3, -0.25) is 0 Å². The van der Waals surface area contributed by atoms with Crippen molar-refractivity contribution in [2.24, 2.45) is 5.41 Å². The van der Waals surface area contributed by atoms with Crippen molar-refractivity contribution in [3.8, 4) is 0 Å². The second-order valence-corrected chi connectivity index (χ2v) is 6.36. The number of hydrogen-bond acceptors (Lipinski definition) is 3. The first kappa shape index (κ1) is 14.9. The van der Waals surface area contributed by atoms with Crippen molar-refractivity contribution >= 4 is 6.09 Å². The lowest BCUT2D eigenvalue weighted by Gasteiger charge is -2.39. The van der Waals surface area contributed by atoms with E-state index in [1.807, 2.05) is 30.3 Å². The van der Waals surface area contributed by atoms with Crippen LogP contribution in [0.25, 0.3) is 0 Å². The predicted molar refractivity (Wildman–Crippen MR) is 79.4 cm³/mol. The molecule has 20 heavy (non-hydrogen) atoms. The zero-order chi connectivity index (χ0) is 14.6. The van der Waals surface area contributed by atoms with Crippen LogP contribution in [0.1, 0.15) is 26.3 Å². The lowest BCUT2D eigenvalue weighted by molar-refractivity contribution is 0.0724. The average Bonchev–Trinajstić information content (AvgIpc) is 2.45. The fourth-order valence-corrected chi connectivity index (χ4v) is 2.31. The third-order valence-electron chi connectivity index (χ3n) is 3.68. The lowest BCUT2D eigenvalue weighted by Crippen LogP contribution is -2.57. The first-order valence-electron chi connectivity index (χ1n) is 7.16. The molecule has 1 saturated heterocycles. The van der Waals surface area contributed by atoms with Crippen LogP contribution in [-0.2, 0) is 11.3 Å². The van der Waals surface area contributed by atoms with E-state index in [1.165, 1.54) is 0 Å². The Morgan fingerprint density at radius 3 is 2.70 bits per heavy atom. The smallest absolute Gasteiger partial charge is 0.410 e. The van der Waals surface area contributed by atoms with E-state index in [2.05, 4.69) is 26.1 Å². The molecule has 110 valence electrons. The number of amides is 1. The van der Waals surface area contributed by atoms with E-state index < -0.39 is 0 Å². The number of carbonyl (C=O) groups excluding carboxylic acids is 1. The summed E-state index contributed by atoms with van der Waals surface area (Å²) in [5.74, 6) is 0. The molecule has 1 atom stereocenters. The van der Waals surface area contributed by atoms with Crippen molar-refractivity contribution in [1.29, 1.82) is 0 Å². The quantitative estimate of drug-likeness (QED) is 0.903. The molecule has 1 N–H and O–H groups in total. The molecule has 1 fully saturated rings. The molecule has 1 amide bonds. The van der Waals surface area contributed by atoms with E-state index in [9.17, 15) is 4.79 Å². The van der Waals surface area contributed by atoms with Crippen LogP contribution < -0.4 is 5.32 Å². The second-order valence-electron chi connectivity index (χ2n) is 6.36. The zero-order valence-electron chi connectivity index (χ0n) is 12.6. The van der Waals surface area contributed by atoms with E-state index in [0.29, 0.717) is 25.7 Å². The molecule has 0 aromatic heterocycles. The van der Waals surface area contributed by atoms with E-state index in [1.54, 1.807) is 4.90 Å². The van der Waals surface area contributed by atoms with Crippen molar-refractivity contribution in [1.82, 2.24) is 10.2 Å². The van der Waals surface area contributed by atoms with Crippen molar-refractivity contribution in [3.05, 3.63) is 35.9 Å². The molecular formula is C16H24N2O2. The minimum absolute atomic E-state index is 0.137. The van der Waals surface area contributed by atoms with Gasteiger partial charge in [-0.05, 0) is 11.0 Å². The summed E-state index contributed by atoms with van der Waals surface area (Å²) < 4.78 is 5.39. The summed E-state index contributed by atoms with van der Waals surface area (Å²) >= 11 is 0. The van der Waals surface area contributed by atoms with Crippen LogP contribution in [0.4, 0.5) is 4.79 Å². The van der Waals surface area contributed by atoms with Crippen molar-refractivity contribution in [2.45, 2.75) is 33.4 Å². The number of rotatable bonds is 2. The number of piperazine rings is 1. The summed E-state index contributed by atoms with van der Waals surface area (Å²) in [5, 5.41) is 3.47. The van der Waals surface area contributed by atoms with Crippen molar-refractivity contribution < 1.29 is 9.53 Å². The first-order valence-corrected chi connectivity index (χ1v) is 7.16. The molecule has 0 saturated carbocycles. The third-order valence-corrected chi connectivity index (χ3v) is 3.68. The molecule has 0 spiro atoms. The van der Waals surface area contributed by atoms with Crippen LogP contribution in [-0.4, -0.2) is 36.7 Å². The van der Waals surface area contributed by atoms with E-state index in [4.69, 9.17) is 4.74 Å². The van der Waals surface area contributed by atoms with Crippen LogP contribution in [0, 0.1) is 5.41 Å². The van der Waals surface area contributed by atoms with E-state index >= 15 is 0 Å². The van der Waals surface area contributed by atoms with Gasteiger partial charge in [0.15, 0.2) is 0 Å². The molecule has 1 aliphatic rings. The molecular weight excluding hydrogens is 252 g/mol. The van der Waals surface area contributed by atoms with Gasteiger partial charge in [-0.25, -0.2) is 4.79 Å². The maximum absolute atomic E-state index is 12.1. The molecule has 0 bridgehead atoms. The van der Waals surface area contributed by atoms with Gasteiger partial charge in [0.2, 0.25) is 0 Å². The molecule has 2 rings (SSSR count).